The van der Waals surface area contributed by atoms with Gasteiger partial charge in [-0.15, -0.1) is 0 Å². The first-order chi connectivity index (χ1) is 17.4. The van der Waals surface area contributed by atoms with E-state index in [1.807, 2.05) is 31.2 Å². The van der Waals surface area contributed by atoms with Crippen molar-refractivity contribution in [3.63, 3.8) is 0 Å². The van der Waals surface area contributed by atoms with E-state index in [1.165, 1.54) is 0 Å². The summed E-state index contributed by atoms with van der Waals surface area (Å²) < 4.78 is 29.1. The van der Waals surface area contributed by atoms with E-state index in [1.54, 1.807) is 37.0 Å². The first-order valence-corrected chi connectivity index (χ1v) is 11.4. The maximum absolute atomic E-state index is 13.9. The van der Waals surface area contributed by atoms with Gasteiger partial charge in [0.15, 0.2) is 23.0 Å². The van der Waals surface area contributed by atoms with Crippen molar-refractivity contribution in [2.45, 2.75) is 25.8 Å². The van der Waals surface area contributed by atoms with Crippen LogP contribution in [0.4, 0.5) is 0 Å². The van der Waals surface area contributed by atoms with E-state index in [0.717, 1.165) is 11.3 Å². The van der Waals surface area contributed by atoms with Crippen molar-refractivity contribution in [2.75, 3.05) is 21.0 Å². The summed E-state index contributed by atoms with van der Waals surface area (Å²) in [7, 11) is 3.17. The third kappa shape index (κ3) is 3.86. The van der Waals surface area contributed by atoms with Gasteiger partial charge in [0.05, 0.1) is 25.7 Å². The number of nitrogens with two attached hydrogens (primary N) is 1. The zero-order chi connectivity index (χ0) is 25.4. The number of aromatic nitrogens is 1. The van der Waals surface area contributed by atoms with Crippen LogP contribution in [0.2, 0.25) is 0 Å². The summed E-state index contributed by atoms with van der Waals surface area (Å²) in [6, 6.07) is 15.0. The van der Waals surface area contributed by atoms with Crippen LogP contribution in [0.25, 0.3) is 0 Å². The van der Waals surface area contributed by atoms with Crippen molar-refractivity contribution in [3.8, 4) is 34.8 Å². The molecule has 0 radical (unpaired) electrons. The Balaban J connectivity index is 1.56. The molecule has 184 valence electrons. The number of hydrogen-bond donors (Lipinski definition) is 1. The smallest absolute Gasteiger partial charge is 0.258 e. The number of fused-ring (bicyclic) bond motifs is 2. The van der Waals surface area contributed by atoms with Crippen LogP contribution in [-0.4, -0.2) is 25.6 Å². The van der Waals surface area contributed by atoms with Crippen LogP contribution < -0.4 is 35.0 Å². The second-order valence-corrected chi connectivity index (χ2v) is 8.50. The summed E-state index contributed by atoms with van der Waals surface area (Å²) in [6.45, 7) is 2.38. The van der Waals surface area contributed by atoms with Gasteiger partial charge in [-0.3, -0.25) is 4.79 Å². The Bertz CT molecular complexity index is 1480. The average molecular weight is 488 g/mol. The van der Waals surface area contributed by atoms with Gasteiger partial charge in [0.2, 0.25) is 12.7 Å². The molecule has 9 nitrogen and oxygen atoms in total. The van der Waals surface area contributed by atoms with E-state index in [4.69, 9.17) is 29.4 Å². The van der Waals surface area contributed by atoms with E-state index in [-0.39, 0.29) is 23.8 Å². The summed E-state index contributed by atoms with van der Waals surface area (Å²) in [5.74, 6) is 2.05. The van der Waals surface area contributed by atoms with Crippen LogP contribution >= 0.6 is 0 Å². The molecular formula is C27H25N3O6. The molecule has 1 aromatic heterocycles. The third-order valence-corrected chi connectivity index (χ3v) is 6.49. The quantitative estimate of drug-likeness (QED) is 0.562. The van der Waals surface area contributed by atoms with Crippen molar-refractivity contribution in [3.05, 3.63) is 86.7 Å². The van der Waals surface area contributed by atoms with Gasteiger partial charge in [0.1, 0.15) is 17.4 Å². The number of benzene rings is 2. The zero-order valence-electron chi connectivity index (χ0n) is 20.2. The van der Waals surface area contributed by atoms with Crippen LogP contribution in [0, 0.1) is 18.3 Å². The molecule has 3 heterocycles. The van der Waals surface area contributed by atoms with E-state index in [9.17, 15) is 10.1 Å². The first kappa shape index (κ1) is 23.2. The highest BCUT2D eigenvalue weighted by Gasteiger charge is 2.35. The molecule has 0 unspecified atom stereocenters. The van der Waals surface area contributed by atoms with Crippen LogP contribution in [0.5, 0.6) is 28.7 Å². The number of nitriles is 1. The van der Waals surface area contributed by atoms with Gasteiger partial charge in [0.25, 0.3) is 5.56 Å². The maximum atomic E-state index is 13.9. The summed E-state index contributed by atoms with van der Waals surface area (Å²) in [5, 5.41) is 9.92. The number of ether oxygens (including phenoxy) is 5. The van der Waals surface area contributed by atoms with Gasteiger partial charge in [0, 0.05) is 18.3 Å². The lowest BCUT2D eigenvalue weighted by molar-refractivity contribution is 0.174. The lowest BCUT2D eigenvalue weighted by Crippen LogP contribution is -2.33. The lowest BCUT2D eigenvalue weighted by Gasteiger charge is -2.27. The second-order valence-electron chi connectivity index (χ2n) is 8.50. The molecule has 0 saturated heterocycles. The molecule has 3 aromatic rings. The number of hydrogen-bond acceptors (Lipinski definition) is 8. The number of nitrogens with zero attached hydrogens (tertiary/aromatic N) is 2. The van der Waals surface area contributed by atoms with Gasteiger partial charge in [-0.1, -0.05) is 12.1 Å². The second kappa shape index (κ2) is 9.23. The van der Waals surface area contributed by atoms with E-state index < -0.39 is 5.92 Å². The number of aryl methyl sites for hydroxylation is 2. The van der Waals surface area contributed by atoms with Crippen molar-refractivity contribution >= 4 is 0 Å². The van der Waals surface area contributed by atoms with Crippen LogP contribution in [-0.2, 0) is 13.0 Å². The van der Waals surface area contributed by atoms with Crippen LogP contribution in [0.15, 0.2) is 58.7 Å². The molecule has 5 rings (SSSR count). The topological polar surface area (TPSA) is 118 Å². The summed E-state index contributed by atoms with van der Waals surface area (Å²) in [5.41, 5.74) is 8.81. The van der Waals surface area contributed by atoms with E-state index in [2.05, 4.69) is 6.07 Å². The highest BCUT2D eigenvalue weighted by atomic mass is 16.7. The minimum atomic E-state index is -0.700. The monoisotopic (exact) mass is 487 g/mol. The fourth-order valence-corrected chi connectivity index (χ4v) is 4.67. The van der Waals surface area contributed by atoms with Gasteiger partial charge >= 0.3 is 0 Å². The van der Waals surface area contributed by atoms with Crippen LogP contribution in [0.1, 0.15) is 28.3 Å². The third-order valence-electron chi connectivity index (χ3n) is 6.49. The van der Waals surface area contributed by atoms with Crippen molar-refractivity contribution in [1.29, 1.82) is 5.26 Å². The predicted molar refractivity (Wildman–Crippen MR) is 131 cm³/mol. The zero-order valence-corrected chi connectivity index (χ0v) is 20.2. The molecule has 36 heavy (non-hydrogen) atoms. The number of allylic oxidation sites excluding steroid dienone is 1. The van der Waals surface area contributed by atoms with Gasteiger partial charge in [-0.05, 0) is 48.7 Å². The molecule has 2 aliphatic heterocycles. The Kier molecular flexibility index (Phi) is 5.94. The highest BCUT2D eigenvalue weighted by Crippen LogP contribution is 2.43. The van der Waals surface area contributed by atoms with Crippen molar-refractivity contribution in [1.82, 2.24) is 4.57 Å². The minimum absolute atomic E-state index is 0.0189. The number of methoxy groups -OCH3 is 2. The maximum Gasteiger partial charge on any atom is 0.258 e. The lowest BCUT2D eigenvalue weighted by atomic mass is 9.84. The van der Waals surface area contributed by atoms with Gasteiger partial charge in [-0.2, -0.15) is 5.26 Å². The summed E-state index contributed by atoms with van der Waals surface area (Å²) in [6.07, 6.45) is 0.582. The Hall–Kier alpha value is -4.58. The van der Waals surface area contributed by atoms with Gasteiger partial charge in [-0.25, -0.2) is 0 Å². The molecule has 0 saturated carbocycles. The first-order valence-electron chi connectivity index (χ1n) is 11.4. The molecule has 9 heteroatoms. The Morgan fingerprint density at radius 3 is 2.58 bits per heavy atom. The number of rotatable bonds is 6. The Morgan fingerprint density at radius 1 is 1.06 bits per heavy atom. The summed E-state index contributed by atoms with van der Waals surface area (Å²) in [4.78, 5) is 13.9. The molecule has 0 fully saturated rings. The number of pyridine rings is 1. The fraction of sp³-hybridized carbons (Fsp3) is 0.259. The standard InChI is InChI=1S/C27H25N3O6/c1-15-10-23-25(27(31)30(15)9-8-16-4-6-19(32-2)21(11-16)33-3)24(18(13-28)26(29)36-23)17-5-7-20-22(12-17)35-14-34-20/h4-7,10-12,24H,8-9,14,29H2,1-3H3/t24-/m0/s1. The van der Waals surface area contributed by atoms with E-state index in [0.29, 0.717) is 52.8 Å². The molecule has 2 aromatic carbocycles. The average Bonchev–Trinajstić information content (AvgIpc) is 3.35. The largest absolute Gasteiger partial charge is 0.493 e. The molecular weight excluding hydrogens is 462 g/mol. The predicted octanol–water partition coefficient (Wildman–Crippen LogP) is 3.36. The highest BCUT2D eigenvalue weighted by molar-refractivity contribution is 5.58. The van der Waals surface area contributed by atoms with E-state index >= 15 is 0 Å². The van der Waals surface area contributed by atoms with Crippen molar-refractivity contribution in [2.24, 2.45) is 5.73 Å². The van der Waals surface area contributed by atoms with Crippen molar-refractivity contribution < 1.29 is 23.7 Å². The Labute approximate surface area is 207 Å². The Morgan fingerprint density at radius 2 is 1.83 bits per heavy atom. The SMILES string of the molecule is COc1ccc(CCn2c(C)cc3c(c2=O)[C@@H](c2ccc4c(c2)OCO4)C(C#N)=C(N)O3)cc1OC. The normalized spacial score (nSPS) is 15.7. The molecule has 1 atom stereocenters. The molecule has 0 amide bonds. The molecule has 0 bridgehead atoms. The molecule has 0 aliphatic carbocycles. The minimum Gasteiger partial charge on any atom is -0.493 e. The molecule has 2 N–H and O–H groups in total. The van der Waals surface area contributed by atoms with Gasteiger partial charge < -0.3 is 34.0 Å². The molecule has 2 aliphatic rings. The summed E-state index contributed by atoms with van der Waals surface area (Å²) >= 11 is 0. The molecule has 0 spiro atoms. The fourth-order valence-electron chi connectivity index (χ4n) is 4.67. The van der Waals surface area contributed by atoms with Crippen LogP contribution in [0.3, 0.4) is 0 Å².